The predicted molar refractivity (Wildman–Crippen MR) is 128 cm³/mol. The first-order valence-electron chi connectivity index (χ1n) is 11.0. The zero-order valence-electron chi connectivity index (χ0n) is 18.3. The van der Waals surface area contributed by atoms with Gasteiger partial charge in [0.25, 0.3) is 0 Å². The van der Waals surface area contributed by atoms with Gasteiger partial charge in [-0.1, -0.05) is 43.5 Å². The molecule has 6 nitrogen and oxygen atoms in total. The largest absolute Gasteiger partial charge is 0.478 e. The van der Waals surface area contributed by atoms with Crippen molar-refractivity contribution in [1.82, 2.24) is 4.31 Å². The first kappa shape index (κ1) is 24.6. The molecule has 1 aliphatic rings. The van der Waals surface area contributed by atoms with Crippen LogP contribution in [-0.2, 0) is 10.0 Å². The van der Waals surface area contributed by atoms with Crippen molar-refractivity contribution in [3.8, 4) is 0 Å². The molecule has 32 heavy (non-hydrogen) atoms. The second-order valence-corrected chi connectivity index (χ2v) is 10.7. The van der Waals surface area contributed by atoms with Crippen LogP contribution in [0, 0.1) is 0 Å². The Balaban J connectivity index is 1.81. The van der Waals surface area contributed by atoms with Gasteiger partial charge in [0.2, 0.25) is 10.0 Å². The van der Waals surface area contributed by atoms with Crippen molar-refractivity contribution in [3.05, 3.63) is 59.7 Å². The van der Waals surface area contributed by atoms with Gasteiger partial charge < -0.3 is 10.4 Å². The number of sulfonamides is 1. The third-order valence-corrected chi connectivity index (χ3v) is 8.37. The lowest BCUT2D eigenvalue weighted by atomic mass is 9.96. The Hall–Kier alpha value is -2.09. The van der Waals surface area contributed by atoms with E-state index < -0.39 is 16.0 Å². The number of nitrogens with zero attached hydrogens (tertiary/aromatic N) is 1. The average Bonchev–Trinajstić information content (AvgIpc) is 2.82. The Bertz CT molecular complexity index is 1020. The number of anilines is 1. The summed E-state index contributed by atoms with van der Waals surface area (Å²) in [4.78, 5) is 11.8. The molecule has 0 amide bonds. The Morgan fingerprint density at radius 2 is 1.88 bits per heavy atom. The fourth-order valence-electron chi connectivity index (χ4n) is 4.31. The molecule has 8 heteroatoms. The zero-order chi connectivity index (χ0) is 23.1. The van der Waals surface area contributed by atoms with Crippen LogP contribution in [0.1, 0.15) is 60.4 Å². The normalized spacial score (nSPS) is 16.1. The highest BCUT2D eigenvalue weighted by molar-refractivity contribution is 7.89. The van der Waals surface area contributed by atoms with E-state index in [0.29, 0.717) is 24.5 Å². The summed E-state index contributed by atoms with van der Waals surface area (Å²) >= 11 is 6.04. The lowest BCUT2D eigenvalue weighted by molar-refractivity contribution is 0.0698. The summed E-state index contributed by atoms with van der Waals surface area (Å²) in [6.45, 7) is 0.443. The van der Waals surface area contributed by atoms with Gasteiger partial charge in [-0.25, -0.2) is 13.2 Å². The summed E-state index contributed by atoms with van der Waals surface area (Å²) in [6, 6.07) is 13.8. The summed E-state index contributed by atoms with van der Waals surface area (Å²) in [5.41, 5.74) is 1.59. The summed E-state index contributed by atoms with van der Waals surface area (Å²) in [6.07, 6.45) is 5.72. The minimum atomic E-state index is -3.59. The zero-order valence-corrected chi connectivity index (χ0v) is 19.9. The molecular weight excluding hydrogens is 448 g/mol. The van der Waals surface area contributed by atoms with Crippen LogP contribution in [0.2, 0.25) is 0 Å². The van der Waals surface area contributed by atoms with E-state index in [1.807, 2.05) is 6.07 Å². The molecule has 0 aromatic heterocycles. The minimum absolute atomic E-state index is 0.0465. The number of aromatic carboxylic acids is 1. The van der Waals surface area contributed by atoms with Gasteiger partial charge in [-0.3, -0.25) is 0 Å². The number of para-hydroxylation sites is 1. The number of carboxylic acids is 1. The van der Waals surface area contributed by atoms with Gasteiger partial charge in [0.1, 0.15) is 0 Å². The standard InChI is InChI=1S/C24H31ClN2O4S/c1-27(20-9-3-2-4-10-20)32(30,31)21-11-7-8-18(16-21)19(14-15-25)17-26-23-13-6-5-12-22(23)24(28)29/h5-8,11-13,16,19-20,26H,2-4,9-10,14-15,17H2,1H3,(H,28,29). The maximum absolute atomic E-state index is 13.3. The lowest BCUT2D eigenvalue weighted by Gasteiger charge is -2.30. The maximum Gasteiger partial charge on any atom is 0.337 e. The molecular formula is C24H31ClN2O4S. The molecule has 1 saturated carbocycles. The number of rotatable bonds is 10. The Labute approximate surface area is 195 Å². The molecule has 0 saturated heterocycles. The van der Waals surface area contributed by atoms with Crippen molar-refractivity contribution in [1.29, 1.82) is 0 Å². The van der Waals surface area contributed by atoms with E-state index in [-0.39, 0.29) is 22.4 Å². The van der Waals surface area contributed by atoms with Crippen molar-refractivity contribution in [3.63, 3.8) is 0 Å². The number of hydrogen-bond acceptors (Lipinski definition) is 4. The van der Waals surface area contributed by atoms with Crippen LogP contribution >= 0.6 is 11.6 Å². The fourth-order valence-corrected chi connectivity index (χ4v) is 6.05. The van der Waals surface area contributed by atoms with E-state index in [0.717, 1.165) is 37.7 Å². The maximum atomic E-state index is 13.3. The number of nitrogens with one attached hydrogen (secondary N) is 1. The van der Waals surface area contributed by atoms with E-state index in [2.05, 4.69) is 5.32 Å². The van der Waals surface area contributed by atoms with Gasteiger partial charge in [-0.2, -0.15) is 4.31 Å². The molecule has 2 aromatic rings. The van der Waals surface area contributed by atoms with Crippen LogP contribution < -0.4 is 5.32 Å². The predicted octanol–water partition coefficient (Wildman–Crippen LogP) is 5.16. The number of carboxylic acid groups (broad SMARTS) is 1. The summed E-state index contributed by atoms with van der Waals surface area (Å²) in [7, 11) is -1.91. The van der Waals surface area contributed by atoms with Crippen molar-refractivity contribution >= 4 is 33.3 Å². The van der Waals surface area contributed by atoms with E-state index in [4.69, 9.17) is 11.6 Å². The fraction of sp³-hybridized carbons (Fsp3) is 0.458. The molecule has 1 atom stereocenters. The Morgan fingerprint density at radius 1 is 1.16 bits per heavy atom. The van der Waals surface area contributed by atoms with Gasteiger partial charge in [0, 0.05) is 37.1 Å². The second kappa shape index (κ2) is 11.2. The molecule has 174 valence electrons. The highest BCUT2D eigenvalue weighted by Crippen LogP contribution is 2.29. The molecule has 0 bridgehead atoms. The molecule has 0 spiro atoms. The molecule has 3 rings (SSSR count). The van der Waals surface area contributed by atoms with Gasteiger partial charge >= 0.3 is 5.97 Å². The molecule has 0 aliphatic heterocycles. The van der Waals surface area contributed by atoms with Crippen LogP contribution in [-0.4, -0.2) is 49.3 Å². The third-order valence-electron chi connectivity index (χ3n) is 6.25. The number of hydrogen-bond donors (Lipinski definition) is 2. The number of carbonyl (C=O) groups is 1. The van der Waals surface area contributed by atoms with Gasteiger partial charge in [-0.05, 0) is 49.1 Å². The van der Waals surface area contributed by atoms with Crippen LogP contribution in [0.25, 0.3) is 0 Å². The van der Waals surface area contributed by atoms with Crippen molar-refractivity contribution < 1.29 is 18.3 Å². The third kappa shape index (κ3) is 5.82. The Morgan fingerprint density at radius 3 is 2.56 bits per heavy atom. The van der Waals surface area contributed by atoms with E-state index in [1.54, 1.807) is 49.5 Å². The van der Waals surface area contributed by atoms with Crippen molar-refractivity contribution in [2.75, 3.05) is 24.8 Å². The molecule has 0 radical (unpaired) electrons. The van der Waals surface area contributed by atoms with Crippen LogP contribution in [0.4, 0.5) is 5.69 Å². The van der Waals surface area contributed by atoms with E-state index >= 15 is 0 Å². The Kier molecular flexibility index (Phi) is 8.57. The van der Waals surface area contributed by atoms with Crippen molar-refractivity contribution in [2.45, 2.75) is 55.4 Å². The average molecular weight is 479 g/mol. The smallest absolute Gasteiger partial charge is 0.337 e. The van der Waals surface area contributed by atoms with Crippen LogP contribution in [0.15, 0.2) is 53.4 Å². The molecule has 1 aliphatic carbocycles. The summed E-state index contributed by atoms with van der Waals surface area (Å²) in [5, 5.41) is 12.6. The molecule has 2 aromatic carbocycles. The topological polar surface area (TPSA) is 86.7 Å². The highest BCUT2D eigenvalue weighted by atomic mass is 35.5. The van der Waals surface area contributed by atoms with E-state index in [9.17, 15) is 18.3 Å². The van der Waals surface area contributed by atoms with Crippen LogP contribution in [0.5, 0.6) is 0 Å². The molecule has 1 unspecified atom stereocenters. The molecule has 1 fully saturated rings. The lowest BCUT2D eigenvalue weighted by Crippen LogP contribution is -2.38. The van der Waals surface area contributed by atoms with Crippen molar-refractivity contribution in [2.24, 2.45) is 0 Å². The molecule has 2 N–H and O–H groups in total. The molecule has 0 heterocycles. The van der Waals surface area contributed by atoms with Gasteiger partial charge in [0.05, 0.1) is 10.5 Å². The highest BCUT2D eigenvalue weighted by Gasteiger charge is 2.29. The number of alkyl halides is 1. The SMILES string of the molecule is CN(C1CCCCC1)S(=O)(=O)c1cccc(C(CCCl)CNc2ccccc2C(=O)O)c1. The summed E-state index contributed by atoms with van der Waals surface area (Å²) in [5.74, 6) is -0.656. The van der Waals surface area contributed by atoms with Crippen LogP contribution in [0.3, 0.4) is 0 Å². The number of benzene rings is 2. The summed E-state index contributed by atoms with van der Waals surface area (Å²) < 4.78 is 28.1. The number of halogens is 1. The monoisotopic (exact) mass is 478 g/mol. The van der Waals surface area contributed by atoms with Gasteiger partial charge in [0.15, 0.2) is 0 Å². The van der Waals surface area contributed by atoms with E-state index in [1.165, 1.54) is 4.31 Å². The first-order chi connectivity index (χ1) is 15.3. The quantitative estimate of drug-likeness (QED) is 0.460. The first-order valence-corrected chi connectivity index (χ1v) is 13.0. The van der Waals surface area contributed by atoms with Gasteiger partial charge in [-0.15, -0.1) is 11.6 Å². The minimum Gasteiger partial charge on any atom is -0.478 e. The second-order valence-electron chi connectivity index (χ2n) is 8.29.